The number of aliphatic imine (C=N–C) groups is 1. The second kappa shape index (κ2) is 12.2. The molecule has 0 atom stereocenters. The first-order valence-electron chi connectivity index (χ1n) is 9.19. The molecule has 1 aliphatic heterocycles. The monoisotopic (exact) mass is 472 g/mol. The molecule has 26 heavy (non-hydrogen) atoms. The van der Waals surface area contributed by atoms with Crippen LogP contribution in [0.2, 0.25) is 0 Å². The molecule has 5 nitrogen and oxygen atoms in total. The van der Waals surface area contributed by atoms with Crippen molar-refractivity contribution in [3.8, 4) is 5.75 Å². The number of hydrogen-bond acceptors (Lipinski definition) is 3. The van der Waals surface area contributed by atoms with E-state index in [1.807, 2.05) is 26.1 Å². The molecule has 0 radical (unpaired) electrons. The van der Waals surface area contributed by atoms with Crippen LogP contribution < -0.4 is 15.4 Å². The fourth-order valence-corrected chi connectivity index (χ4v) is 3.16. The summed E-state index contributed by atoms with van der Waals surface area (Å²) in [7, 11) is 1.83. The number of aryl methyl sites for hydroxylation is 1. The van der Waals surface area contributed by atoms with Crippen molar-refractivity contribution in [1.29, 1.82) is 0 Å². The normalized spacial score (nSPS) is 15.9. The molecule has 1 heterocycles. The van der Waals surface area contributed by atoms with Gasteiger partial charge in [-0.1, -0.05) is 18.2 Å². The number of likely N-dealkylation sites (tertiary alicyclic amines) is 1. The fourth-order valence-electron chi connectivity index (χ4n) is 3.16. The Morgan fingerprint density at radius 1 is 1.38 bits per heavy atom. The van der Waals surface area contributed by atoms with Crippen molar-refractivity contribution < 1.29 is 4.74 Å². The zero-order valence-corrected chi connectivity index (χ0v) is 18.6. The van der Waals surface area contributed by atoms with Crippen LogP contribution in [0.15, 0.2) is 35.8 Å². The van der Waals surface area contributed by atoms with Crippen LogP contribution in [0.3, 0.4) is 0 Å². The van der Waals surface area contributed by atoms with Gasteiger partial charge in [0.25, 0.3) is 0 Å². The summed E-state index contributed by atoms with van der Waals surface area (Å²) in [6.07, 6.45) is 4.25. The van der Waals surface area contributed by atoms with E-state index in [9.17, 15) is 0 Å². The quantitative estimate of drug-likeness (QED) is 0.277. The Bertz CT molecular complexity index is 583. The summed E-state index contributed by atoms with van der Waals surface area (Å²) in [4.78, 5) is 6.80. The SMILES string of the molecule is C=CCN1CCC(NC(=NC)NCc2ccc(OCC)c(C)c2)CC1.I. The molecule has 0 unspecified atom stereocenters. The Labute approximate surface area is 175 Å². The van der Waals surface area contributed by atoms with E-state index < -0.39 is 0 Å². The van der Waals surface area contributed by atoms with E-state index in [0.717, 1.165) is 50.7 Å². The molecule has 1 aliphatic rings. The van der Waals surface area contributed by atoms with Gasteiger partial charge >= 0.3 is 0 Å². The Balaban J connectivity index is 0.00000338. The molecule has 0 saturated carbocycles. The lowest BCUT2D eigenvalue weighted by atomic mass is 10.1. The summed E-state index contributed by atoms with van der Waals surface area (Å²) in [6.45, 7) is 12.6. The molecule has 2 N–H and O–H groups in total. The number of nitrogens with zero attached hydrogens (tertiary/aromatic N) is 2. The lowest BCUT2D eigenvalue weighted by Crippen LogP contribution is -2.48. The number of hydrogen-bond donors (Lipinski definition) is 2. The number of rotatable bonds is 7. The van der Waals surface area contributed by atoms with E-state index in [1.54, 1.807) is 0 Å². The third-order valence-electron chi connectivity index (χ3n) is 4.54. The maximum absolute atomic E-state index is 5.60. The van der Waals surface area contributed by atoms with Crippen molar-refractivity contribution in [1.82, 2.24) is 15.5 Å². The molecule has 1 aromatic carbocycles. The summed E-state index contributed by atoms with van der Waals surface area (Å²) in [6, 6.07) is 6.79. The predicted molar refractivity (Wildman–Crippen MR) is 121 cm³/mol. The molecule has 1 fully saturated rings. The van der Waals surface area contributed by atoms with Gasteiger partial charge in [0.2, 0.25) is 0 Å². The van der Waals surface area contributed by atoms with Gasteiger partial charge in [-0.25, -0.2) is 0 Å². The van der Waals surface area contributed by atoms with Crippen LogP contribution in [-0.4, -0.2) is 50.2 Å². The Hall–Kier alpha value is -1.28. The first-order valence-corrected chi connectivity index (χ1v) is 9.19. The van der Waals surface area contributed by atoms with Gasteiger partial charge in [-0.15, -0.1) is 30.6 Å². The van der Waals surface area contributed by atoms with Crippen molar-refractivity contribution in [3.05, 3.63) is 42.0 Å². The highest BCUT2D eigenvalue weighted by Gasteiger charge is 2.18. The molecule has 6 heteroatoms. The third-order valence-corrected chi connectivity index (χ3v) is 4.54. The van der Waals surface area contributed by atoms with Gasteiger partial charge in [0.15, 0.2) is 5.96 Å². The van der Waals surface area contributed by atoms with Gasteiger partial charge in [0.05, 0.1) is 6.61 Å². The molecule has 0 aliphatic carbocycles. The highest BCUT2D eigenvalue weighted by molar-refractivity contribution is 14.0. The largest absolute Gasteiger partial charge is 0.494 e. The minimum absolute atomic E-state index is 0. The van der Waals surface area contributed by atoms with Crippen molar-refractivity contribution in [3.63, 3.8) is 0 Å². The Morgan fingerprint density at radius 3 is 2.69 bits per heavy atom. The second-order valence-electron chi connectivity index (χ2n) is 6.47. The fraction of sp³-hybridized carbons (Fsp3) is 0.550. The summed E-state index contributed by atoms with van der Waals surface area (Å²) >= 11 is 0. The van der Waals surface area contributed by atoms with Gasteiger partial charge < -0.3 is 15.4 Å². The van der Waals surface area contributed by atoms with E-state index >= 15 is 0 Å². The number of benzene rings is 1. The first-order chi connectivity index (χ1) is 12.2. The zero-order valence-electron chi connectivity index (χ0n) is 16.3. The van der Waals surface area contributed by atoms with Gasteiger partial charge in [-0.3, -0.25) is 9.89 Å². The molecule has 0 bridgehead atoms. The van der Waals surface area contributed by atoms with Crippen LogP contribution >= 0.6 is 24.0 Å². The molecule has 146 valence electrons. The molecule has 2 rings (SSSR count). The molecule has 0 aromatic heterocycles. The van der Waals surface area contributed by atoms with E-state index in [1.165, 1.54) is 11.1 Å². The highest BCUT2D eigenvalue weighted by atomic mass is 127. The molecule has 0 amide bonds. The molecule has 0 spiro atoms. The van der Waals surface area contributed by atoms with Crippen LogP contribution in [0.25, 0.3) is 0 Å². The smallest absolute Gasteiger partial charge is 0.191 e. The van der Waals surface area contributed by atoms with E-state index in [0.29, 0.717) is 12.6 Å². The number of guanidine groups is 1. The number of piperidine rings is 1. The van der Waals surface area contributed by atoms with Crippen molar-refractivity contribution in [2.75, 3.05) is 33.3 Å². The van der Waals surface area contributed by atoms with E-state index in [4.69, 9.17) is 4.74 Å². The lowest BCUT2D eigenvalue weighted by molar-refractivity contribution is 0.225. The number of nitrogens with one attached hydrogen (secondary N) is 2. The number of ether oxygens (including phenoxy) is 1. The summed E-state index contributed by atoms with van der Waals surface area (Å²) < 4.78 is 5.60. The van der Waals surface area contributed by atoms with Crippen LogP contribution in [0.5, 0.6) is 5.75 Å². The lowest BCUT2D eigenvalue weighted by Gasteiger charge is -2.32. The van der Waals surface area contributed by atoms with Crippen LogP contribution in [0, 0.1) is 6.92 Å². The summed E-state index contributed by atoms with van der Waals surface area (Å²) in [5.74, 6) is 1.83. The average molecular weight is 472 g/mol. The maximum atomic E-state index is 5.60. The van der Waals surface area contributed by atoms with Gasteiger partial charge in [-0.2, -0.15) is 0 Å². The Morgan fingerprint density at radius 2 is 2.12 bits per heavy atom. The van der Waals surface area contributed by atoms with Crippen LogP contribution in [0.1, 0.15) is 30.9 Å². The summed E-state index contributed by atoms with van der Waals surface area (Å²) in [5.41, 5.74) is 2.39. The highest BCUT2D eigenvalue weighted by Crippen LogP contribution is 2.19. The molecule has 1 aromatic rings. The van der Waals surface area contributed by atoms with Gasteiger partial charge in [0.1, 0.15) is 5.75 Å². The van der Waals surface area contributed by atoms with Gasteiger partial charge in [0, 0.05) is 39.3 Å². The van der Waals surface area contributed by atoms with Crippen molar-refractivity contribution in [2.45, 2.75) is 39.3 Å². The molecular weight excluding hydrogens is 439 g/mol. The standard InChI is InChI=1S/C20H32N4O.HI/c1-5-11-24-12-9-18(10-13-24)23-20(21-4)22-15-17-7-8-19(25-6-2)16(3)14-17;/h5,7-8,14,18H,1,6,9-13,15H2,2-4H3,(H2,21,22,23);1H. The molecule has 1 saturated heterocycles. The number of halogens is 1. The average Bonchev–Trinajstić information content (AvgIpc) is 2.62. The van der Waals surface area contributed by atoms with E-state index in [2.05, 4.69) is 46.2 Å². The third kappa shape index (κ3) is 7.15. The van der Waals surface area contributed by atoms with Crippen molar-refractivity contribution >= 4 is 29.9 Å². The second-order valence-corrected chi connectivity index (χ2v) is 6.47. The zero-order chi connectivity index (χ0) is 18.1. The van der Waals surface area contributed by atoms with Crippen LogP contribution in [-0.2, 0) is 6.54 Å². The van der Waals surface area contributed by atoms with Crippen molar-refractivity contribution in [2.24, 2.45) is 4.99 Å². The topological polar surface area (TPSA) is 48.9 Å². The first kappa shape index (κ1) is 22.8. The van der Waals surface area contributed by atoms with E-state index in [-0.39, 0.29) is 24.0 Å². The maximum Gasteiger partial charge on any atom is 0.191 e. The Kier molecular flexibility index (Phi) is 10.7. The molecular formula is C20H33IN4O. The minimum Gasteiger partial charge on any atom is -0.494 e. The van der Waals surface area contributed by atoms with Crippen LogP contribution in [0.4, 0.5) is 0 Å². The minimum atomic E-state index is 0. The van der Waals surface area contributed by atoms with Gasteiger partial charge in [-0.05, 0) is 43.9 Å². The predicted octanol–water partition coefficient (Wildman–Crippen LogP) is 3.33. The summed E-state index contributed by atoms with van der Waals surface area (Å²) in [5, 5.41) is 6.96.